The second-order valence-corrected chi connectivity index (χ2v) is 6.25. The molecule has 0 aromatic carbocycles. The zero-order valence-electron chi connectivity index (χ0n) is 12.3. The van der Waals surface area contributed by atoms with Gasteiger partial charge in [-0.05, 0) is 39.3 Å². The van der Waals surface area contributed by atoms with Gasteiger partial charge in [-0.3, -0.25) is 9.69 Å². The van der Waals surface area contributed by atoms with Crippen molar-refractivity contribution in [1.29, 1.82) is 0 Å². The van der Waals surface area contributed by atoms with E-state index in [9.17, 15) is 4.79 Å². The van der Waals surface area contributed by atoms with Crippen molar-refractivity contribution >= 4 is 5.91 Å². The molecule has 1 unspecified atom stereocenters. The van der Waals surface area contributed by atoms with Gasteiger partial charge in [0.15, 0.2) is 0 Å². The Balaban J connectivity index is 1.63. The second-order valence-electron chi connectivity index (χ2n) is 6.25. The highest BCUT2D eigenvalue weighted by atomic mass is 16.2. The van der Waals surface area contributed by atoms with E-state index in [0.29, 0.717) is 18.6 Å². The van der Waals surface area contributed by atoms with E-state index in [2.05, 4.69) is 22.6 Å². The Kier molecular flexibility index (Phi) is 6.11. The molecule has 1 aliphatic carbocycles. The first-order chi connectivity index (χ1) is 9.24. The lowest BCUT2D eigenvalue weighted by molar-refractivity contribution is -0.122. The molecule has 4 nitrogen and oxygen atoms in total. The quantitative estimate of drug-likeness (QED) is 0.793. The largest absolute Gasteiger partial charge is 0.352 e. The van der Waals surface area contributed by atoms with Crippen LogP contribution in [0.1, 0.15) is 51.4 Å². The maximum Gasteiger partial charge on any atom is 0.234 e. The maximum absolute atomic E-state index is 12.0. The summed E-state index contributed by atoms with van der Waals surface area (Å²) in [6.07, 6.45) is 10.1. The molecular weight excluding hydrogens is 238 g/mol. The molecule has 1 amide bonds. The smallest absolute Gasteiger partial charge is 0.234 e. The molecule has 2 N–H and O–H groups in total. The van der Waals surface area contributed by atoms with Gasteiger partial charge in [0, 0.05) is 18.6 Å². The molecule has 1 saturated carbocycles. The molecular formula is C15H29N3O. The summed E-state index contributed by atoms with van der Waals surface area (Å²) in [5.74, 6) is 0.199. The Labute approximate surface area is 117 Å². The highest BCUT2D eigenvalue weighted by Crippen LogP contribution is 2.17. The van der Waals surface area contributed by atoms with Crippen LogP contribution in [-0.4, -0.2) is 49.6 Å². The van der Waals surface area contributed by atoms with Gasteiger partial charge < -0.3 is 10.6 Å². The summed E-state index contributed by atoms with van der Waals surface area (Å²) in [6, 6.07) is 1.00. The normalized spacial score (nSPS) is 25.5. The minimum absolute atomic E-state index is 0.199. The van der Waals surface area contributed by atoms with Gasteiger partial charge in [0.1, 0.15) is 0 Å². The number of likely N-dealkylation sites (N-methyl/N-ethyl adjacent to an activating group) is 1. The van der Waals surface area contributed by atoms with E-state index in [1.807, 2.05) is 0 Å². The lowest BCUT2D eigenvalue weighted by Crippen LogP contribution is -2.46. The number of nitrogens with one attached hydrogen (secondary N) is 2. The summed E-state index contributed by atoms with van der Waals surface area (Å²) in [4.78, 5) is 14.1. The molecule has 2 rings (SSSR count). The number of carbonyl (C=O) groups excluding carboxylic acids is 1. The Morgan fingerprint density at radius 3 is 2.58 bits per heavy atom. The average molecular weight is 267 g/mol. The van der Waals surface area contributed by atoms with Gasteiger partial charge >= 0.3 is 0 Å². The Bertz CT molecular complexity index is 271. The Morgan fingerprint density at radius 2 is 1.89 bits per heavy atom. The third kappa shape index (κ3) is 5.49. The van der Waals surface area contributed by atoms with Gasteiger partial charge in [-0.25, -0.2) is 0 Å². The maximum atomic E-state index is 12.0. The number of amides is 1. The van der Waals surface area contributed by atoms with E-state index >= 15 is 0 Å². The summed E-state index contributed by atoms with van der Waals surface area (Å²) in [5, 5.41) is 6.72. The predicted octanol–water partition coefficient (Wildman–Crippen LogP) is 1.51. The van der Waals surface area contributed by atoms with Gasteiger partial charge in [-0.15, -0.1) is 0 Å². The fourth-order valence-electron chi connectivity index (χ4n) is 3.29. The van der Waals surface area contributed by atoms with E-state index in [4.69, 9.17) is 0 Å². The van der Waals surface area contributed by atoms with Crippen LogP contribution >= 0.6 is 0 Å². The van der Waals surface area contributed by atoms with Crippen molar-refractivity contribution in [1.82, 2.24) is 15.5 Å². The van der Waals surface area contributed by atoms with Crippen molar-refractivity contribution in [2.75, 3.05) is 26.7 Å². The van der Waals surface area contributed by atoms with E-state index < -0.39 is 0 Å². The first-order valence-electron chi connectivity index (χ1n) is 7.95. The molecule has 1 saturated heterocycles. The monoisotopic (exact) mass is 267 g/mol. The van der Waals surface area contributed by atoms with Gasteiger partial charge in [0.2, 0.25) is 5.91 Å². The lowest BCUT2D eigenvalue weighted by atomic mass is 9.95. The van der Waals surface area contributed by atoms with Crippen molar-refractivity contribution in [3.63, 3.8) is 0 Å². The Morgan fingerprint density at radius 1 is 1.16 bits per heavy atom. The van der Waals surface area contributed by atoms with Crippen LogP contribution in [0.15, 0.2) is 0 Å². The average Bonchev–Trinajstić information content (AvgIpc) is 2.40. The predicted molar refractivity (Wildman–Crippen MR) is 78.2 cm³/mol. The summed E-state index contributed by atoms with van der Waals surface area (Å²) >= 11 is 0. The zero-order chi connectivity index (χ0) is 13.5. The number of hydrogen-bond donors (Lipinski definition) is 2. The van der Waals surface area contributed by atoms with Crippen LogP contribution in [-0.2, 0) is 4.79 Å². The summed E-state index contributed by atoms with van der Waals surface area (Å²) in [6.45, 7) is 2.65. The minimum atomic E-state index is 0.199. The van der Waals surface area contributed by atoms with Crippen LogP contribution in [0.25, 0.3) is 0 Å². The SMILES string of the molecule is CN(CC(=O)NC1CCCCC1)CC1CCCCN1. The number of nitrogens with zero attached hydrogens (tertiary/aromatic N) is 1. The van der Waals surface area contributed by atoms with Gasteiger partial charge in [-0.1, -0.05) is 25.7 Å². The van der Waals surface area contributed by atoms with Crippen molar-refractivity contribution in [2.24, 2.45) is 0 Å². The van der Waals surface area contributed by atoms with E-state index in [0.717, 1.165) is 13.1 Å². The number of piperidine rings is 1. The number of hydrogen-bond acceptors (Lipinski definition) is 3. The van der Waals surface area contributed by atoms with Crippen LogP contribution in [0, 0.1) is 0 Å². The summed E-state index contributed by atoms with van der Waals surface area (Å²) in [7, 11) is 2.05. The molecule has 0 aromatic rings. The molecule has 2 fully saturated rings. The van der Waals surface area contributed by atoms with Crippen molar-refractivity contribution in [2.45, 2.75) is 63.5 Å². The van der Waals surface area contributed by atoms with Crippen LogP contribution in [0.2, 0.25) is 0 Å². The molecule has 1 atom stereocenters. The third-order valence-electron chi connectivity index (χ3n) is 4.33. The number of rotatable bonds is 5. The first kappa shape index (κ1) is 14.8. The van der Waals surface area contributed by atoms with E-state index in [1.165, 1.54) is 51.4 Å². The van der Waals surface area contributed by atoms with Crippen LogP contribution < -0.4 is 10.6 Å². The second kappa shape index (κ2) is 7.85. The Hall–Kier alpha value is -0.610. The summed E-state index contributed by atoms with van der Waals surface area (Å²) in [5.41, 5.74) is 0. The van der Waals surface area contributed by atoms with Gasteiger partial charge in [0.05, 0.1) is 6.54 Å². The van der Waals surface area contributed by atoms with Crippen LogP contribution in [0.3, 0.4) is 0 Å². The van der Waals surface area contributed by atoms with E-state index in [-0.39, 0.29) is 5.91 Å². The highest BCUT2D eigenvalue weighted by molar-refractivity contribution is 5.78. The zero-order valence-corrected chi connectivity index (χ0v) is 12.3. The van der Waals surface area contributed by atoms with E-state index in [1.54, 1.807) is 0 Å². The topological polar surface area (TPSA) is 44.4 Å². The number of carbonyl (C=O) groups is 1. The lowest BCUT2D eigenvalue weighted by Gasteiger charge is -2.29. The third-order valence-corrected chi connectivity index (χ3v) is 4.33. The molecule has 0 aromatic heterocycles. The van der Waals surface area contributed by atoms with Crippen molar-refractivity contribution < 1.29 is 4.79 Å². The van der Waals surface area contributed by atoms with Crippen LogP contribution in [0.5, 0.6) is 0 Å². The highest BCUT2D eigenvalue weighted by Gasteiger charge is 2.18. The van der Waals surface area contributed by atoms with Crippen LogP contribution in [0.4, 0.5) is 0 Å². The molecule has 110 valence electrons. The molecule has 19 heavy (non-hydrogen) atoms. The van der Waals surface area contributed by atoms with Gasteiger partial charge in [0.25, 0.3) is 0 Å². The standard InChI is InChI=1S/C15H29N3O/c1-18(11-14-9-5-6-10-16-14)12-15(19)17-13-7-3-2-4-8-13/h13-14,16H,2-12H2,1H3,(H,17,19). The molecule has 2 aliphatic rings. The molecule has 0 bridgehead atoms. The van der Waals surface area contributed by atoms with Gasteiger partial charge in [-0.2, -0.15) is 0 Å². The molecule has 0 spiro atoms. The molecule has 4 heteroatoms. The first-order valence-corrected chi connectivity index (χ1v) is 7.95. The molecule has 0 radical (unpaired) electrons. The van der Waals surface area contributed by atoms with Crippen molar-refractivity contribution in [3.8, 4) is 0 Å². The fourth-order valence-corrected chi connectivity index (χ4v) is 3.29. The minimum Gasteiger partial charge on any atom is -0.352 e. The molecule has 1 aliphatic heterocycles. The summed E-state index contributed by atoms with van der Waals surface area (Å²) < 4.78 is 0. The fraction of sp³-hybridized carbons (Fsp3) is 0.933. The molecule has 1 heterocycles. The van der Waals surface area contributed by atoms with Crippen molar-refractivity contribution in [3.05, 3.63) is 0 Å².